The number of anilines is 2. The normalized spacial score (nSPS) is 17.1. The fourth-order valence-electron chi connectivity index (χ4n) is 4.64. The topological polar surface area (TPSA) is 132 Å². The number of aromatic nitrogens is 2. The van der Waals surface area contributed by atoms with Crippen LogP contribution < -0.4 is 25.8 Å². The number of benzene rings is 1. The van der Waals surface area contributed by atoms with E-state index in [1.165, 1.54) is 12.3 Å². The summed E-state index contributed by atoms with van der Waals surface area (Å²) in [5, 5.41) is 6.89. The molecule has 0 bridgehead atoms. The molecule has 0 saturated carbocycles. The van der Waals surface area contributed by atoms with Crippen molar-refractivity contribution in [3.63, 3.8) is 0 Å². The van der Waals surface area contributed by atoms with E-state index in [0.717, 1.165) is 5.56 Å². The van der Waals surface area contributed by atoms with Crippen molar-refractivity contribution in [1.29, 1.82) is 0 Å². The van der Waals surface area contributed by atoms with Crippen LogP contribution in [0.2, 0.25) is 0 Å². The van der Waals surface area contributed by atoms with Crippen LogP contribution >= 0.6 is 0 Å². The number of carbonyl (C=O) groups is 2. The Hall–Kier alpha value is -4.15. The lowest BCUT2D eigenvalue weighted by Crippen LogP contribution is -2.40. The maximum atomic E-state index is 15.3. The Bertz CT molecular complexity index is 1380. The number of nitrogens with two attached hydrogens (primary N) is 1. The molecule has 0 aliphatic carbocycles. The number of pyridine rings is 2. The first-order valence-electron chi connectivity index (χ1n) is 11.7. The minimum absolute atomic E-state index is 0.0158. The zero-order chi connectivity index (χ0) is 25.6. The van der Waals surface area contributed by atoms with Gasteiger partial charge >= 0.3 is 6.09 Å². The van der Waals surface area contributed by atoms with Crippen molar-refractivity contribution in [2.75, 3.05) is 30.7 Å². The highest BCUT2D eigenvalue weighted by Crippen LogP contribution is 2.39. The predicted octanol–water partition coefficient (Wildman–Crippen LogP) is 3.23. The summed E-state index contributed by atoms with van der Waals surface area (Å²) in [6.45, 7) is 7.26. The highest BCUT2D eigenvalue weighted by molar-refractivity contribution is 5.98. The SMILES string of the molecule is Cc1c(-c2cc3cc(OC(=O)N[C@@H]4CC(=O)N(C(C)C)C4)ncc3c(N)c2F)cnc2c1NCCO2. The average molecular weight is 495 g/mol. The van der Waals surface area contributed by atoms with Crippen LogP contribution in [-0.2, 0) is 4.79 Å². The van der Waals surface area contributed by atoms with Gasteiger partial charge in [0.05, 0.1) is 11.7 Å². The van der Waals surface area contributed by atoms with E-state index in [1.54, 1.807) is 17.2 Å². The number of carbonyl (C=O) groups excluding carboxylic acids is 2. The molecule has 2 aromatic heterocycles. The van der Waals surface area contributed by atoms with Crippen molar-refractivity contribution in [3.05, 3.63) is 35.9 Å². The van der Waals surface area contributed by atoms with Crippen molar-refractivity contribution in [2.24, 2.45) is 0 Å². The molecule has 1 saturated heterocycles. The second-order valence-corrected chi connectivity index (χ2v) is 9.22. The van der Waals surface area contributed by atoms with Gasteiger partial charge in [-0.15, -0.1) is 0 Å². The molecule has 10 nitrogen and oxygen atoms in total. The van der Waals surface area contributed by atoms with Gasteiger partial charge in [0.25, 0.3) is 0 Å². The summed E-state index contributed by atoms with van der Waals surface area (Å²) < 4.78 is 26.3. The van der Waals surface area contributed by atoms with Crippen LogP contribution in [0, 0.1) is 12.7 Å². The molecule has 1 fully saturated rings. The Labute approximate surface area is 207 Å². The summed E-state index contributed by atoms with van der Waals surface area (Å²) in [6, 6.07) is 2.86. The van der Waals surface area contributed by atoms with Crippen molar-refractivity contribution in [2.45, 2.75) is 39.3 Å². The molecule has 0 spiro atoms. The molecule has 4 N–H and O–H groups in total. The number of likely N-dealkylation sites (tertiary alicyclic amines) is 1. The minimum atomic E-state index is -0.721. The van der Waals surface area contributed by atoms with Gasteiger partial charge in [-0.2, -0.15) is 0 Å². The Morgan fingerprint density at radius 2 is 2.11 bits per heavy atom. The molecule has 5 rings (SSSR count). The van der Waals surface area contributed by atoms with E-state index in [-0.39, 0.29) is 41.5 Å². The summed E-state index contributed by atoms with van der Waals surface area (Å²) in [7, 11) is 0. The molecule has 4 heterocycles. The summed E-state index contributed by atoms with van der Waals surface area (Å²) in [5.74, 6) is -0.101. The van der Waals surface area contributed by atoms with Crippen LogP contribution in [-0.4, -0.2) is 58.6 Å². The van der Waals surface area contributed by atoms with Gasteiger partial charge in [-0.25, -0.2) is 19.2 Å². The number of ether oxygens (including phenoxy) is 2. The maximum Gasteiger partial charge on any atom is 0.414 e. The summed E-state index contributed by atoms with van der Waals surface area (Å²) >= 11 is 0. The third-order valence-corrected chi connectivity index (χ3v) is 6.51. The number of hydrogen-bond donors (Lipinski definition) is 3. The molecule has 36 heavy (non-hydrogen) atoms. The molecular weight excluding hydrogens is 467 g/mol. The summed E-state index contributed by atoms with van der Waals surface area (Å²) in [5.41, 5.74) is 8.39. The lowest BCUT2D eigenvalue weighted by atomic mass is 9.97. The number of halogens is 1. The van der Waals surface area contributed by atoms with E-state index < -0.39 is 11.9 Å². The number of rotatable bonds is 4. The van der Waals surface area contributed by atoms with Crippen LogP contribution in [0.25, 0.3) is 21.9 Å². The Balaban J connectivity index is 1.41. The molecule has 11 heteroatoms. The quantitative estimate of drug-likeness (QED) is 0.471. The first-order valence-corrected chi connectivity index (χ1v) is 11.7. The van der Waals surface area contributed by atoms with Crippen molar-refractivity contribution < 1.29 is 23.5 Å². The van der Waals surface area contributed by atoms with Crippen LogP contribution in [0.3, 0.4) is 0 Å². The molecule has 3 aromatic rings. The standard InChI is InChI=1S/C25H27FN6O4/c1-12(2)32-11-15(8-20(32)33)31-25(34)36-19-7-14-6-16(21(26)22(27)18(14)10-29-19)17-9-30-24-23(13(17)3)28-4-5-35-24/h6-7,9-10,12,15,28H,4-5,8,11,27H2,1-3H3,(H,31,34)/t15-/m1/s1. The zero-order valence-electron chi connectivity index (χ0n) is 20.2. The maximum absolute atomic E-state index is 15.3. The fourth-order valence-corrected chi connectivity index (χ4v) is 4.64. The van der Waals surface area contributed by atoms with E-state index in [4.69, 9.17) is 15.2 Å². The number of hydrogen-bond acceptors (Lipinski definition) is 8. The first-order chi connectivity index (χ1) is 17.2. The zero-order valence-corrected chi connectivity index (χ0v) is 20.2. The Kier molecular flexibility index (Phi) is 5.99. The van der Waals surface area contributed by atoms with E-state index in [2.05, 4.69) is 20.6 Å². The Morgan fingerprint density at radius 1 is 1.31 bits per heavy atom. The molecule has 1 aromatic carbocycles. The van der Waals surface area contributed by atoms with Crippen LogP contribution in [0.5, 0.6) is 11.8 Å². The van der Waals surface area contributed by atoms with Crippen molar-refractivity contribution >= 4 is 34.1 Å². The summed E-state index contributed by atoms with van der Waals surface area (Å²) in [4.78, 5) is 34.7. The van der Waals surface area contributed by atoms with Crippen LogP contribution in [0.4, 0.5) is 20.6 Å². The van der Waals surface area contributed by atoms with E-state index in [9.17, 15) is 9.59 Å². The number of nitrogens with one attached hydrogen (secondary N) is 2. The number of fused-ring (bicyclic) bond motifs is 2. The number of nitrogen functional groups attached to an aromatic ring is 1. The lowest BCUT2D eigenvalue weighted by molar-refractivity contribution is -0.129. The highest BCUT2D eigenvalue weighted by Gasteiger charge is 2.32. The molecule has 188 valence electrons. The number of amides is 2. The van der Waals surface area contributed by atoms with Crippen molar-refractivity contribution in [1.82, 2.24) is 20.2 Å². The molecular formula is C25H27FN6O4. The fraction of sp³-hybridized carbons (Fsp3) is 0.360. The van der Waals surface area contributed by atoms with Gasteiger partial charge in [-0.05, 0) is 37.8 Å². The Morgan fingerprint density at radius 3 is 2.86 bits per heavy atom. The molecule has 1 atom stereocenters. The van der Waals surface area contributed by atoms with Crippen LogP contribution in [0.15, 0.2) is 24.5 Å². The van der Waals surface area contributed by atoms with Gasteiger partial charge in [0.15, 0.2) is 5.82 Å². The second-order valence-electron chi connectivity index (χ2n) is 9.22. The van der Waals surface area contributed by atoms with Gasteiger partial charge in [-0.1, -0.05) is 0 Å². The number of nitrogens with zero attached hydrogens (tertiary/aromatic N) is 3. The van der Waals surface area contributed by atoms with Gasteiger partial charge < -0.3 is 30.7 Å². The molecule has 2 aliphatic rings. The van der Waals surface area contributed by atoms with Crippen molar-refractivity contribution in [3.8, 4) is 22.9 Å². The third-order valence-electron chi connectivity index (χ3n) is 6.51. The molecule has 2 aliphatic heterocycles. The first kappa shape index (κ1) is 23.6. The van der Waals surface area contributed by atoms with Crippen LogP contribution in [0.1, 0.15) is 25.8 Å². The monoisotopic (exact) mass is 494 g/mol. The van der Waals surface area contributed by atoms with E-state index in [0.29, 0.717) is 47.6 Å². The third kappa shape index (κ3) is 4.21. The lowest BCUT2D eigenvalue weighted by Gasteiger charge is -2.22. The van der Waals surface area contributed by atoms with Gasteiger partial charge in [0.1, 0.15) is 12.3 Å². The average Bonchev–Trinajstić information content (AvgIpc) is 3.22. The second kappa shape index (κ2) is 9.14. The van der Waals surface area contributed by atoms with E-state index in [1.807, 2.05) is 20.8 Å². The van der Waals surface area contributed by atoms with Gasteiger partial charge in [0, 0.05) is 60.5 Å². The highest BCUT2D eigenvalue weighted by atomic mass is 19.1. The largest absolute Gasteiger partial charge is 0.474 e. The predicted molar refractivity (Wildman–Crippen MR) is 132 cm³/mol. The molecule has 2 amide bonds. The smallest absolute Gasteiger partial charge is 0.414 e. The van der Waals surface area contributed by atoms with Gasteiger partial charge in [-0.3, -0.25) is 4.79 Å². The molecule has 0 radical (unpaired) electrons. The molecule has 0 unspecified atom stereocenters. The van der Waals surface area contributed by atoms with Gasteiger partial charge in [0.2, 0.25) is 17.7 Å². The minimum Gasteiger partial charge on any atom is -0.474 e. The summed E-state index contributed by atoms with van der Waals surface area (Å²) in [6.07, 6.45) is 2.42. The van der Waals surface area contributed by atoms with E-state index >= 15 is 4.39 Å².